The van der Waals surface area contributed by atoms with Gasteiger partial charge in [-0.25, -0.2) is 4.68 Å². The van der Waals surface area contributed by atoms with Gasteiger partial charge in [-0.15, -0.1) is 24.0 Å². The van der Waals surface area contributed by atoms with E-state index < -0.39 is 10.8 Å². The van der Waals surface area contributed by atoms with Gasteiger partial charge in [-0.3, -0.25) is 9.20 Å². The molecule has 1 unspecified atom stereocenters. The number of nitrogens with zero attached hydrogens (tertiary/aromatic N) is 3. The van der Waals surface area contributed by atoms with Gasteiger partial charge in [0.2, 0.25) is 0 Å². The minimum absolute atomic E-state index is 0. The number of rotatable bonds is 8. The Hall–Kier alpha value is -2.20. The third kappa shape index (κ3) is 7.28. The molecule has 6 nitrogen and oxygen atoms in total. The lowest BCUT2D eigenvalue weighted by Gasteiger charge is -2.12. The second-order valence-corrected chi connectivity index (χ2v) is 7.73. The van der Waals surface area contributed by atoms with E-state index in [1.165, 1.54) is 5.56 Å². The van der Waals surface area contributed by atoms with Crippen molar-refractivity contribution in [1.82, 2.24) is 20.4 Å². The molecule has 1 atom stereocenters. The first kappa shape index (κ1) is 23.1. The van der Waals surface area contributed by atoms with Crippen LogP contribution in [-0.4, -0.2) is 45.8 Å². The normalized spacial score (nSPS) is 12.1. The van der Waals surface area contributed by atoms with Crippen molar-refractivity contribution in [2.24, 2.45) is 4.99 Å². The first-order chi connectivity index (χ1) is 13.8. The molecule has 29 heavy (non-hydrogen) atoms. The molecule has 1 aromatic heterocycles. The van der Waals surface area contributed by atoms with Gasteiger partial charge in [0.05, 0.1) is 16.5 Å². The molecule has 0 radical (unpaired) electrons. The van der Waals surface area contributed by atoms with E-state index in [2.05, 4.69) is 45.0 Å². The average Bonchev–Trinajstić information content (AvgIpc) is 3.28. The van der Waals surface area contributed by atoms with Gasteiger partial charge < -0.3 is 10.6 Å². The molecule has 0 bridgehead atoms. The van der Waals surface area contributed by atoms with Gasteiger partial charge in [-0.05, 0) is 42.3 Å². The minimum atomic E-state index is -1.00. The van der Waals surface area contributed by atoms with Crippen LogP contribution in [0.5, 0.6) is 0 Å². The first-order valence-electron chi connectivity index (χ1n) is 9.23. The highest BCUT2D eigenvalue weighted by Crippen LogP contribution is 2.09. The van der Waals surface area contributed by atoms with Crippen LogP contribution >= 0.6 is 24.0 Å². The summed E-state index contributed by atoms with van der Waals surface area (Å²) >= 11 is 0. The van der Waals surface area contributed by atoms with Crippen molar-refractivity contribution in [1.29, 1.82) is 0 Å². The molecular formula is C21H26IN5OS. The van der Waals surface area contributed by atoms with E-state index in [1.54, 1.807) is 13.2 Å². The Bertz CT molecular complexity index is 899. The van der Waals surface area contributed by atoms with Crippen molar-refractivity contribution in [3.63, 3.8) is 0 Å². The maximum atomic E-state index is 12.2. The van der Waals surface area contributed by atoms with E-state index in [1.807, 2.05) is 47.3 Å². The van der Waals surface area contributed by atoms with E-state index in [9.17, 15) is 4.21 Å². The Morgan fingerprint density at radius 2 is 1.76 bits per heavy atom. The molecule has 0 fully saturated rings. The second-order valence-electron chi connectivity index (χ2n) is 6.16. The van der Waals surface area contributed by atoms with Crippen molar-refractivity contribution < 1.29 is 4.21 Å². The van der Waals surface area contributed by atoms with Gasteiger partial charge in [-0.2, -0.15) is 5.10 Å². The van der Waals surface area contributed by atoms with Gasteiger partial charge in [0.25, 0.3) is 0 Å². The number of hydrogen-bond acceptors (Lipinski definition) is 3. The highest BCUT2D eigenvalue weighted by Gasteiger charge is 2.04. The van der Waals surface area contributed by atoms with Crippen LogP contribution in [0.2, 0.25) is 0 Å². The van der Waals surface area contributed by atoms with E-state index in [-0.39, 0.29) is 24.0 Å². The molecule has 2 aromatic carbocycles. The molecule has 1 heterocycles. The van der Waals surface area contributed by atoms with Crippen molar-refractivity contribution in [2.75, 3.05) is 25.9 Å². The molecule has 154 valence electrons. The summed E-state index contributed by atoms with van der Waals surface area (Å²) in [5.74, 6) is 1.26. The van der Waals surface area contributed by atoms with Crippen LogP contribution in [-0.2, 0) is 17.2 Å². The summed E-state index contributed by atoms with van der Waals surface area (Å²) in [6.07, 6.45) is 4.58. The quantitative estimate of drug-likeness (QED) is 0.271. The molecule has 3 rings (SSSR count). The highest BCUT2D eigenvalue weighted by atomic mass is 127. The number of halogens is 1. The third-order valence-corrected chi connectivity index (χ3v) is 5.59. The smallest absolute Gasteiger partial charge is 0.191 e. The van der Waals surface area contributed by atoms with Crippen LogP contribution in [0.4, 0.5) is 0 Å². The first-order valence-corrected chi connectivity index (χ1v) is 10.5. The van der Waals surface area contributed by atoms with Crippen LogP contribution in [0.3, 0.4) is 0 Å². The van der Waals surface area contributed by atoms with Gasteiger partial charge in [0, 0.05) is 43.2 Å². The molecule has 0 aliphatic carbocycles. The molecule has 8 heteroatoms. The molecule has 2 N–H and O–H groups in total. The number of guanidine groups is 1. The van der Waals surface area contributed by atoms with E-state index in [0.717, 1.165) is 29.5 Å². The Labute approximate surface area is 191 Å². The summed E-state index contributed by atoms with van der Waals surface area (Å²) in [6.45, 7) is 1.36. The fraction of sp³-hybridized carbons (Fsp3) is 0.238. The van der Waals surface area contributed by atoms with Crippen LogP contribution in [0, 0.1) is 0 Å². The Kier molecular flexibility index (Phi) is 9.85. The Morgan fingerprint density at radius 3 is 2.41 bits per heavy atom. The lowest BCUT2D eigenvalue weighted by Crippen LogP contribution is -2.40. The van der Waals surface area contributed by atoms with Gasteiger partial charge in [0.1, 0.15) is 0 Å². The van der Waals surface area contributed by atoms with Crippen LogP contribution in [0.25, 0.3) is 5.69 Å². The summed E-state index contributed by atoms with van der Waals surface area (Å²) in [6, 6.07) is 19.8. The molecule has 3 aromatic rings. The van der Waals surface area contributed by atoms with Gasteiger partial charge in [-0.1, -0.05) is 30.3 Å². The summed E-state index contributed by atoms with van der Waals surface area (Å²) in [4.78, 5) is 5.07. The molecule has 0 amide bonds. The van der Waals surface area contributed by atoms with Crippen LogP contribution < -0.4 is 10.6 Å². The van der Waals surface area contributed by atoms with E-state index >= 15 is 0 Å². The van der Waals surface area contributed by atoms with Crippen molar-refractivity contribution >= 4 is 40.7 Å². The number of aliphatic imine (C=N–C) groups is 1. The van der Waals surface area contributed by atoms with Crippen molar-refractivity contribution in [2.45, 2.75) is 11.3 Å². The molecule has 0 saturated carbocycles. The van der Waals surface area contributed by atoms with Gasteiger partial charge >= 0.3 is 0 Å². The predicted molar refractivity (Wildman–Crippen MR) is 130 cm³/mol. The maximum Gasteiger partial charge on any atom is 0.191 e. The lowest BCUT2D eigenvalue weighted by molar-refractivity contribution is 0.681. The molecular weight excluding hydrogens is 497 g/mol. The molecule has 0 aliphatic rings. The molecule has 0 spiro atoms. The van der Waals surface area contributed by atoms with E-state index in [0.29, 0.717) is 12.3 Å². The van der Waals surface area contributed by atoms with E-state index in [4.69, 9.17) is 0 Å². The largest absolute Gasteiger partial charge is 0.356 e. The van der Waals surface area contributed by atoms with Crippen molar-refractivity contribution in [3.8, 4) is 5.69 Å². The Morgan fingerprint density at radius 1 is 1.03 bits per heavy atom. The zero-order chi connectivity index (χ0) is 19.6. The van der Waals surface area contributed by atoms with Crippen LogP contribution in [0.15, 0.2) is 82.9 Å². The zero-order valence-corrected chi connectivity index (χ0v) is 19.5. The standard InChI is InChI=1S/C21H25N5OS.HI/c1-22-21(24-15-17-28(27)20-6-3-2-4-7-20)23-14-12-18-8-10-19(11-9-18)26-16-5-13-25-26;/h2-11,13,16H,12,14-15,17H2,1H3,(H2,22,23,24);1H. The SMILES string of the molecule is CN=C(NCCc1ccc(-n2cccn2)cc1)NCCS(=O)c1ccccc1.I. The lowest BCUT2D eigenvalue weighted by atomic mass is 10.1. The number of aromatic nitrogens is 2. The number of benzene rings is 2. The van der Waals surface area contributed by atoms with Crippen LogP contribution in [0.1, 0.15) is 5.56 Å². The molecule has 0 aliphatic heterocycles. The fourth-order valence-corrected chi connectivity index (χ4v) is 3.72. The van der Waals surface area contributed by atoms with Crippen molar-refractivity contribution in [3.05, 3.63) is 78.6 Å². The average molecular weight is 523 g/mol. The Balaban J connectivity index is 0.00000300. The topological polar surface area (TPSA) is 71.3 Å². The summed E-state index contributed by atoms with van der Waals surface area (Å²) in [5.41, 5.74) is 2.29. The summed E-state index contributed by atoms with van der Waals surface area (Å²) in [7, 11) is 0.734. The monoisotopic (exact) mass is 523 g/mol. The fourth-order valence-electron chi connectivity index (χ4n) is 2.74. The summed E-state index contributed by atoms with van der Waals surface area (Å²) in [5, 5.41) is 10.7. The van der Waals surface area contributed by atoms with Gasteiger partial charge in [0.15, 0.2) is 5.96 Å². The number of hydrogen-bond donors (Lipinski definition) is 2. The molecule has 0 saturated heterocycles. The number of nitrogens with one attached hydrogen (secondary N) is 2. The maximum absolute atomic E-state index is 12.2. The second kappa shape index (κ2) is 12.4. The summed E-state index contributed by atoms with van der Waals surface area (Å²) < 4.78 is 14.1. The third-order valence-electron chi connectivity index (χ3n) is 4.22. The highest BCUT2D eigenvalue weighted by molar-refractivity contribution is 14.0. The zero-order valence-electron chi connectivity index (χ0n) is 16.3. The minimum Gasteiger partial charge on any atom is -0.356 e. The predicted octanol–water partition coefficient (Wildman–Crippen LogP) is 3.01.